The Kier molecular flexibility index (Phi) is 5.94. The van der Waals surface area contributed by atoms with Gasteiger partial charge in [-0.2, -0.15) is 8.78 Å². The number of hydrogen-bond acceptors (Lipinski definition) is 5. The summed E-state index contributed by atoms with van der Waals surface area (Å²) >= 11 is 0. The van der Waals surface area contributed by atoms with Crippen LogP contribution in [0.5, 0.6) is 0 Å². The highest BCUT2D eigenvalue weighted by atomic mass is 32.2. The maximum Gasteiger partial charge on any atom is 0.341 e. The van der Waals surface area contributed by atoms with Gasteiger partial charge in [0.2, 0.25) is 9.84 Å². The van der Waals surface area contributed by atoms with Gasteiger partial charge in [-0.3, -0.25) is 4.90 Å². The molecule has 0 aromatic heterocycles. The van der Waals surface area contributed by atoms with Crippen molar-refractivity contribution in [3.63, 3.8) is 0 Å². The highest BCUT2D eigenvalue weighted by Gasteiger charge is 2.29. The molecule has 1 saturated heterocycles. The molecule has 1 heterocycles. The minimum Gasteiger partial charge on any atom is -0.383 e. The summed E-state index contributed by atoms with van der Waals surface area (Å²) in [5, 5.41) is 2.96. The number of morpholine rings is 1. The normalized spacial score (nSPS) is 23.2. The zero-order chi connectivity index (χ0) is 17.0. The Balaban J connectivity index is 1.99. The number of nitrogens with one attached hydrogen (secondary N) is 1. The van der Waals surface area contributed by atoms with Gasteiger partial charge in [0.15, 0.2) is 0 Å². The van der Waals surface area contributed by atoms with Gasteiger partial charge in [-0.05, 0) is 26.0 Å². The molecule has 5 nitrogen and oxygen atoms in total. The van der Waals surface area contributed by atoms with Gasteiger partial charge < -0.3 is 10.1 Å². The Morgan fingerprint density at radius 2 is 1.87 bits per heavy atom. The van der Waals surface area contributed by atoms with Gasteiger partial charge in [0, 0.05) is 26.2 Å². The molecular formula is C15H22F2N2O3S. The second-order valence-electron chi connectivity index (χ2n) is 5.75. The summed E-state index contributed by atoms with van der Waals surface area (Å²) in [6.07, 6.45) is 0.287. The molecule has 2 atom stereocenters. The quantitative estimate of drug-likeness (QED) is 0.854. The van der Waals surface area contributed by atoms with Crippen molar-refractivity contribution >= 4 is 15.5 Å². The molecule has 0 aliphatic carbocycles. The second-order valence-corrected chi connectivity index (χ2v) is 7.63. The first-order valence-electron chi connectivity index (χ1n) is 7.53. The van der Waals surface area contributed by atoms with E-state index in [4.69, 9.17) is 4.74 Å². The summed E-state index contributed by atoms with van der Waals surface area (Å²) in [4.78, 5) is 1.84. The summed E-state index contributed by atoms with van der Waals surface area (Å²) in [6, 6.07) is 5.75. The number of alkyl halides is 2. The van der Waals surface area contributed by atoms with Crippen molar-refractivity contribution < 1.29 is 21.9 Å². The summed E-state index contributed by atoms with van der Waals surface area (Å²) in [7, 11) is -4.61. The van der Waals surface area contributed by atoms with Crippen molar-refractivity contribution in [3.05, 3.63) is 24.3 Å². The highest BCUT2D eigenvalue weighted by molar-refractivity contribution is 7.91. The number of halogens is 2. The molecule has 130 valence electrons. The van der Waals surface area contributed by atoms with E-state index in [-0.39, 0.29) is 22.8 Å². The smallest absolute Gasteiger partial charge is 0.341 e. The molecular weight excluding hydrogens is 326 g/mol. The molecule has 2 unspecified atom stereocenters. The van der Waals surface area contributed by atoms with E-state index in [1.807, 2.05) is 13.8 Å². The second kappa shape index (κ2) is 7.55. The molecule has 1 N–H and O–H groups in total. The third kappa shape index (κ3) is 4.62. The number of rotatable bonds is 6. The van der Waals surface area contributed by atoms with Gasteiger partial charge in [0.05, 0.1) is 22.8 Å². The van der Waals surface area contributed by atoms with E-state index < -0.39 is 15.6 Å². The van der Waals surface area contributed by atoms with E-state index in [1.54, 1.807) is 6.07 Å². The lowest BCUT2D eigenvalue weighted by atomic mass is 10.2. The van der Waals surface area contributed by atoms with E-state index in [0.29, 0.717) is 13.1 Å². The van der Waals surface area contributed by atoms with E-state index in [2.05, 4.69) is 10.2 Å². The van der Waals surface area contributed by atoms with E-state index in [0.717, 1.165) is 13.1 Å². The minimum atomic E-state index is -4.61. The molecule has 0 radical (unpaired) electrons. The molecule has 23 heavy (non-hydrogen) atoms. The Morgan fingerprint density at radius 3 is 2.48 bits per heavy atom. The monoisotopic (exact) mass is 348 g/mol. The van der Waals surface area contributed by atoms with Crippen molar-refractivity contribution in [3.8, 4) is 0 Å². The minimum absolute atomic E-state index is 0.144. The summed E-state index contributed by atoms with van der Waals surface area (Å²) in [5.41, 5.74) is 0.210. The average Bonchev–Trinajstić information content (AvgIpc) is 2.46. The fourth-order valence-electron chi connectivity index (χ4n) is 2.77. The zero-order valence-corrected chi connectivity index (χ0v) is 14.0. The van der Waals surface area contributed by atoms with Gasteiger partial charge in [0.1, 0.15) is 0 Å². The van der Waals surface area contributed by atoms with Crippen LogP contribution in [0.15, 0.2) is 29.2 Å². The van der Waals surface area contributed by atoms with Gasteiger partial charge in [0.25, 0.3) is 0 Å². The van der Waals surface area contributed by atoms with Crippen LogP contribution in [-0.4, -0.2) is 57.5 Å². The van der Waals surface area contributed by atoms with Crippen LogP contribution >= 0.6 is 0 Å². The highest BCUT2D eigenvalue weighted by Crippen LogP contribution is 2.25. The van der Waals surface area contributed by atoms with Crippen LogP contribution in [0.1, 0.15) is 13.8 Å². The molecule has 0 amide bonds. The van der Waals surface area contributed by atoms with E-state index >= 15 is 0 Å². The fourth-order valence-corrected chi connectivity index (χ4v) is 3.68. The molecule has 2 rings (SSSR count). The Hall–Kier alpha value is -1.25. The van der Waals surface area contributed by atoms with Gasteiger partial charge in [-0.25, -0.2) is 8.42 Å². The van der Waals surface area contributed by atoms with Crippen LogP contribution in [0.4, 0.5) is 14.5 Å². The first-order chi connectivity index (χ1) is 10.8. The van der Waals surface area contributed by atoms with Crippen molar-refractivity contribution in [1.29, 1.82) is 0 Å². The topological polar surface area (TPSA) is 58.6 Å². The maximum atomic E-state index is 12.7. The SMILES string of the molecule is CC1CN(CCNc2ccccc2S(=O)(=O)C(F)F)CC(C)O1. The first-order valence-corrected chi connectivity index (χ1v) is 9.08. The number of hydrogen-bond donors (Lipinski definition) is 1. The largest absolute Gasteiger partial charge is 0.383 e. The van der Waals surface area contributed by atoms with Crippen LogP contribution < -0.4 is 5.32 Å². The third-order valence-electron chi connectivity index (χ3n) is 3.67. The number of sulfone groups is 1. The number of ether oxygens (including phenoxy) is 1. The van der Waals surface area contributed by atoms with Crippen LogP contribution in [-0.2, 0) is 14.6 Å². The van der Waals surface area contributed by atoms with Gasteiger partial charge in [-0.1, -0.05) is 12.1 Å². The van der Waals surface area contributed by atoms with Crippen molar-refractivity contribution in [2.75, 3.05) is 31.5 Å². The molecule has 1 aliphatic heterocycles. The molecule has 1 fully saturated rings. The summed E-state index contributed by atoms with van der Waals surface area (Å²) < 4.78 is 54.5. The molecule has 0 saturated carbocycles. The molecule has 0 bridgehead atoms. The zero-order valence-electron chi connectivity index (χ0n) is 13.2. The molecule has 1 aliphatic rings. The van der Waals surface area contributed by atoms with E-state index in [1.165, 1.54) is 18.2 Å². The molecule has 1 aromatic carbocycles. The lowest BCUT2D eigenvalue weighted by Crippen LogP contribution is -2.46. The fraction of sp³-hybridized carbons (Fsp3) is 0.600. The van der Waals surface area contributed by atoms with Crippen molar-refractivity contribution in [1.82, 2.24) is 4.90 Å². The van der Waals surface area contributed by atoms with Crippen molar-refractivity contribution in [2.45, 2.75) is 36.7 Å². The van der Waals surface area contributed by atoms with E-state index in [9.17, 15) is 17.2 Å². The maximum absolute atomic E-state index is 12.7. The predicted octanol–water partition coefficient (Wildman–Crippen LogP) is 2.20. The van der Waals surface area contributed by atoms with Gasteiger partial charge >= 0.3 is 5.76 Å². The predicted molar refractivity (Wildman–Crippen MR) is 84.6 cm³/mol. The molecule has 0 spiro atoms. The third-order valence-corrected chi connectivity index (χ3v) is 5.11. The van der Waals surface area contributed by atoms with Crippen molar-refractivity contribution in [2.24, 2.45) is 0 Å². The summed E-state index contributed by atoms with van der Waals surface area (Å²) in [6.45, 7) is 6.74. The van der Waals surface area contributed by atoms with Crippen LogP contribution in [0.25, 0.3) is 0 Å². The number of anilines is 1. The summed E-state index contributed by atoms with van der Waals surface area (Å²) in [5.74, 6) is -3.42. The number of nitrogens with zero attached hydrogens (tertiary/aromatic N) is 1. The lowest BCUT2D eigenvalue weighted by Gasteiger charge is -2.35. The standard InChI is InChI=1S/C15H22F2N2O3S/c1-11-9-19(10-12(2)22-11)8-7-18-13-5-3-4-6-14(13)23(20,21)15(16)17/h3-6,11-12,15,18H,7-10H2,1-2H3. The average molecular weight is 348 g/mol. The van der Waals surface area contributed by atoms with Gasteiger partial charge in [-0.15, -0.1) is 0 Å². The molecule has 8 heteroatoms. The lowest BCUT2D eigenvalue weighted by molar-refractivity contribution is -0.0667. The van der Waals surface area contributed by atoms with Crippen LogP contribution in [0.2, 0.25) is 0 Å². The Bertz CT molecular complexity index is 615. The number of para-hydroxylation sites is 1. The Morgan fingerprint density at radius 1 is 1.26 bits per heavy atom. The molecule has 1 aromatic rings. The van der Waals surface area contributed by atoms with Crippen LogP contribution in [0, 0.1) is 0 Å². The Labute approximate surface area is 135 Å². The number of benzene rings is 1. The van der Waals surface area contributed by atoms with Crippen LogP contribution in [0.3, 0.4) is 0 Å². The first kappa shape index (κ1) is 18.1.